The monoisotopic (exact) mass is 228 g/mol. The van der Waals surface area contributed by atoms with E-state index in [4.69, 9.17) is 9.47 Å². The third-order valence-corrected chi connectivity index (χ3v) is 3.29. The molecule has 0 bridgehead atoms. The SMILES string of the molecule is CC(OC(=O)N1CCNCC1)C1CCOC1. The molecule has 1 amide bonds. The Bertz CT molecular complexity index is 235. The van der Waals surface area contributed by atoms with E-state index in [0.717, 1.165) is 45.8 Å². The van der Waals surface area contributed by atoms with Crippen molar-refractivity contribution in [3.05, 3.63) is 0 Å². The molecule has 2 rings (SSSR count). The van der Waals surface area contributed by atoms with Gasteiger partial charge in [0.25, 0.3) is 0 Å². The van der Waals surface area contributed by atoms with Crippen LogP contribution in [0.1, 0.15) is 13.3 Å². The van der Waals surface area contributed by atoms with Gasteiger partial charge >= 0.3 is 6.09 Å². The number of piperazine rings is 1. The Hall–Kier alpha value is -0.810. The molecule has 2 heterocycles. The average Bonchev–Trinajstić information content (AvgIpc) is 2.83. The largest absolute Gasteiger partial charge is 0.446 e. The van der Waals surface area contributed by atoms with E-state index in [1.54, 1.807) is 4.90 Å². The molecule has 0 radical (unpaired) electrons. The minimum Gasteiger partial charge on any atom is -0.446 e. The second-order valence-electron chi connectivity index (χ2n) is 4.45. The van der Waals surface area contributed by atoms with Crippen LogP contribution in [-0.4, -0.2) is 56.5 Å². The van der Waals surface area contributed by atoms with Crippen molar-refractivity contribution in [3.63, 3.8) is 0 Å². The lowest BCUT2D eigenvalue weighted by molar-refractivity contribution is 0.0375. The van der Waals surface area contributed by atoms with E-state index in [2.05, 4.69) is 5.32 Å². The number of nitrogens with one attached hydrogen (secondary N) is 1. The molecule has 92 valence electrons. The smallest absolute Gasteiger partial charge is 0.410 e. The van der Waals surface area contributed by atoms with Gasteiger partial charge in [-0.15, -0.1) is 0 Å². The minimum atomic E-state index is -0.180. The van der Waals surface area contributed by atoms with Crippen molar-refractivity contribution >= 4 is 6.09 Å². The molecule has 2 fully saturated rings. The summed E-state index contributed by atoms with van der Waals surface area (Å²) in [6.07, 6.45) is 0.779. The summed E-state index contributed by atoms with van der Waals surface area (Å²) in [7, 11) is 0. The van der Waals surface area contributed by atoms with Crippen LogP contribution in [0.2, 0.25) is 0 Å². The number of amides is 1. The lowest BCUT2D eigenvalue weighted by Crippen LogP contribution is -2.47. The van der Waals surface area contributed by atoms with Gasteiger partial charge in [-0.25, -0.2) is 4.79 Å². The van der Waals surface area contributed by atoms with Crippen molar-refractivity contribution in [1.82, 2.24) is 10.2 Å². The van der Waals surface area contributed by atoms with Gasteiger partial charge in [0.2, 0.25) is 0 Å². The molecule has 2 atom stereocenters. The fourth-order valence-corrected chi connectivity index (χ4v) is 2.10. The van der Waals surface area contributed by atoms with E-state index in [0.29, 0.717) is 5.92 Å². The van der Waals surface area contributed by atoms with Crippen molar-refractivity contribution in [1.29, 1.82) is 0 Å². The van der Waals surface area contributed by atoms with Gasteiger partial charge in [0.15, 0.2) is 0 Å². The van der Waals surface area contributed by atoms with Crippen molar-refractivity contribution in [2.75, 3.05) is 39.4 Å². The molecule has 2 unspecified atom stereocenters. The van der Waals surface area contributed by atoms with E-state index in [1.807, 2.05) is 6.92 Å². The average molecular weight is 228 g/mol. The van der Waals surface area contributed by atoms with Gasteiger partial charge in [0.05, 0.1) is 6.61 Å². The van der Waals surface area contributed by atoms with Crippen molar-refractivity contribution in [2.45, 2.75) is 19.4 Å². The van der Waals surface area contributed by atoms with Gasteiger partial charge in [0, 0.05) is 38.7 Å². The summed E-state index contributed by atoms with van der Waals surface area (Å²) in [5.74, 6) is 0.367. The lowest BCUT2D eigenvalue weighted by Gasteiger charge is -2.29. The number of carbonyl (C=O) groups excluding carboxylic acids is 1. The van der Waals surface area contributed by atoms with Crippen LogP contribution in [0.25, 0.3) is 0 Å². The number of ether oxygens (including phenoxy) is 2. The van der Waals surface area contributed by atoms with Gasteiger partial charge in [0.1, 0.15) is 6.10 Å². The van der Waals surface area contributed by atoms with E-state index >= 15 is 0 Å². The molecule has 2 aliphatic heterocycles. The topological polar surface area (TPSA) is 50.8 Å². The zero-order valence-electron chi connectivity index (χ0n) is 9.78. The van der Waals surface area contributed by atoms with Crippen molar-refractivity contribution < 1.29 is 14.3 Å². The summed E-state index contributed by atoms with van der Waals surface area (Å²) in [5.41, 5.74) is 0. The Morgan fingerprint density at radius 2 is 2.25 bits per heavy atom. The van der Waals surface area contributed by atoms with Gasteiger partial charge in [-0.2, -0.15) is 0 Å². The second kappa shape index (κ2) is 5.50. The summed E-state index contributed by atoms with van der Waals surface area (Å²) >= 11 is 0. The number of hydrogen-bond acceptors (Lipinski definition) is 4. The molecular weight excluding hydrogens is 208 g/mol. The standard InChI is InChI=1S/C11H20N2O3/c1-9(10-2-7-15-8-10)16-11(14)13-5-3-12-4-6-13/h9-10,12H,2-8H2,1H3. The van der Waals surface area contributed by atoms with E-state index < -0.39 is 0 Å². The fourth-order valence-electron chi connectivity index (χ4n) is 2.10. The summed E-state index contributed by atoms with van der Waals surface area (Å²) in [4.78, 5) is 13.6. The van der Waals surface area contributed by atoms with Gasteiger partial charge in [-0.1, -0.05) is 0 Å². The van der Waals surface area contributed by atoms with Crippen molar-refractivity contribution in [2.24, 2.45) is 5.92 Å². The molecule has 2 aliphatic rings. The first-order valence-electron chi connectivity index (χ1n) is 6.01. The number of rotatable bonds is 2. The van der Waals surface area contributed by atoms with Gasteiger partial charge in [-0.3, -0.25) is 0 Å². The molecule has 2 saturated heterocycles. The third-order valence-electron chi connectivity index (χ3n) is 3.29. The number of carbonyl (C=O) groups is 1. The Labute approximate surface area is 96.1 Å². The maximum absolute atomic E-state index is 11.8. The van der Waals surface area contributed by atoms with E-state index in [1.165, 1.54) is 0 Å². The zero-order valence-corrected chi connectivity index (χ0v) is 9.78. The van der Waals surface area contributed by atoms with Gasteiger partial charge in [-0.05, 0) is 13.3 Å². The van der Waals surface area contributed by atoms with Crippen LogP contribution in [0, 0.1) is 5.92 Å². The zero-order chi connectivity index (χ0) is 11.4. The normalized spacial score (nSPS) is 27.8. The third kappa shape index (κ3) is 2.86. The van der Waals surface area contributed by atoms with Crippen LogP contribution in [-0.2, 0) is 9.47 Å². The lowest BCUT2D eigenvalue weighted by atomic mass is 10.0. The highest BCUT2D eigenvalue weighted by molar-refractivity contribution is 5.68. The molecule has 0 aromatic heterocycles. The highest BCUT2D eigenvalue weighted by atomic mass is 16.6. The molecule has 0 aromatic carbocycles. The highest BCUT2D eigenvalue weighted by Gasteiger charge is 2.27. The highest BCUT2D eigenvalue weighted by Crippen LogP contribution is 2.19. The Morgan fingerprint density at radius 1 is 1.50 bits per heavy atom. The first kappa shape index (κ1) is 11.7. The number of hydrogen-bond donors (Lipinski definition) is 1. The Balaban J connectivity index is 1.76. The molecule has 5 heteroatoms. The summed E-state index contributed by atoms with van der Waals surface area (Å²) < 4.78 is 10.7. The molecule has 1 N–H and O–H groups in total. The minimum absolute atomic E-state index is 0.0371. The van der Waals surface area contributed by atoms with E-state index in [9.17, 15) is 4.79 Å². The Morgan fingerprint density at radius 3 is 2.88 bits per heavy atom. The van der Waals surface area contributed by atoms with Crippen LogP contribution in [0.4, 0.5) is 4.79 Å². The van der Waals surface area contributed by atoms with Crippen LogP contribution in [0.5, 0.6) is 0 Å². The van der Waals surface area contributed by atoms with Crippen LogP contribution >= 0.6 is 0 Å². The van der Waals surface area contributed by atoms with Crippen LogP contribution < -0.4 is 5.32 Å². The fraction of sp³-hybridized carbons (Fsp3) is 0.909. The first-order chi connectivity index (χ1) is 7.77. The summed E-state index contributed by atoms with van der Waals surface area (Å²) in [6.45, 7) is 6.67. The quantitative estimate of drug-likeness (QED) is 0.745. The molecule has 0 spiro atoms. The first-order valence-corrected chi connectivity index (χ1v) is 6.01. The summed E-state index contributed by atoms with van der Waals surface area (Å²) in [6, 6.07) is 0. The molecule has 16 heavy (non-hydrogen) atoms. The van der Waals surface area contributed by atoms with E-state index in [-0.39, 0.29) is 12.2 Å². The molecule has 5 nitrogen and oxygen atoms in total. The molecule has 0 aliphatic carbocycles. The molecule has 0 aromatic rings. The van der Waals surface area contributed by atoms with Crippen LogP contribution in [0.3, 0.4) is 0 Å². The summed E-state index contributed by atoms with van der Waals surface area (Å²) in [5, 5.41) is 3.21. The molecular formula is C11H20N2O3. The van der Waals surface area contributed by atoms with Crippen LogP contribution in [0.15, 0.2) is 0 Å². The maximum Gasteiger partial charge on any atom is 0.410 e. The second-order valence-corrected chi connectivity index (χ2v) is 4.45. The Kier molecular flexibility index (Phi) is 4.01. The molecule has 0 saturated carbocycles. The maximum atomic E-state index is 11.8. The van der Waals surface area contributed by atoms with Crippen molar-refractivity contribution in [3.8, 4) is 0 Å². The number of nitrogens with zero attached hydrogens (tertiary/aromatic N) is 1. The predicted molar refractivity (Wildman–Crippen MR) is 59.3 cm³/mol. The predicted octanol–water partition coefficient (Wildman–Crippen LogP) is 0.453. The van der Waals surface area contributed by atoms with Gasteiger partial charge < -0.3 is 19.7 Å².